The van der Waals surface area contributed by atoms with Crippen LogP contribution < -0.4 is 4.90 Å². The van der Waals surface area contributed by atoms with Gasteiger partial charge >= 0.3 is 0 Å². The maximum absolute atomic E-state index is 8.63. The standard InChI is InChI=1S/C10H11N2/c1-3-12(2)10-6-4-5-9(7-10)8-11/h4-7H,1,3H2,2H3. The zero-order valence-electron chi connectivity index (χ0n) is 7.12. The fourth-order valence-electron chi connectivity index (χ4n) is 0.942. The highest BCUT2D eigenvalue weighted by Gasteiger charge is 1.97. The lowest BCUT2D eigenvalue weighted by Gasteiger charge is -2.16. The number of hydrogen-bond donors (Lipinski definition) is 0. The van der Waals surface area contributed by atoms with Crippen LogP contribution in [0.4, 0.5) is 5.69 Å². The minimum atomic E-state index is 0.688. The molecule has 0 aliphatic heterocycles. The van der Waals surface area contributed by atoms with Crippen LogP contribution in [0, 0.1) is 18.3 Å². The van der Waals surface area contributed by atoms with Crippen LogP contribution in [-0.2, 0) is 0 Å². The Balaban J connectivity index is 2.95. The van der Waals surface area contributed by atoms with Crippen molar-refractivity contribution in [3.05, 3.63) is 36.8 Å². The van der Waals surface area contributed by atoms with E-state index in [1.165, 1.54) is 0 Å². The second-order valence-electron chi connectivity index (χ2n) is 2.58. The van der Waals surface area contributed by atoms with Crippen LogP contribution in [0.5, 0.6) is 0 Å². The van der Waals surface area contributed by atoms with E-state index in [-0.39, 0.29) is 0 Å². The summed E-state index contributed by atoms with van der Waals surface area (Å²) >= 11 is 0. The summed E-state index contributed by atoms with van der Waals surface area (Å²) in [5.74, 6) is 0. The molecule has 2 nitrogen and oxygen atoms in total. The van der Waals surface area contributed by atoms with Gasteiger partial charge in [0.2, 0.25) is 0 Å². The Labute approximate surface area is 73.0 Å². The molecule has 12 heavy (non-hydrogen) atoms. The van der Waals surface area contributed by atoms with E-state index in [4.69, 9.17) is 5.26 Å². The fourth-order valence-corrected chi connectivity index (χ4v) is 0.942. The molecule has 2 heteroatoms. The Morgan fingerprint density at radius 3 is 2.92 bits per heavy atom. The minimum absolute atomic E-state index is 0.688. The zero-order valence-corrected chi connectivity index (χ0v) is 7.12. The first-order valence-corrected chi connectivity index (χ1v) is 3.78. The summed E-state index contributed by atoms with van der Waals surface area (Å²) in [6, 6.07) is 9.58. The maximum Gasteiger partial charge on any atom is 0.0992 e. The monoisotopic (exact) mass is 159 g/mol. The molecule has 0 aliphatic rings. The molecule has 1 rings (SSSR count). The molecule has 0 aromatic heterocycles. The van der Waals surface area contributed by atoms with Gasteiger partial charge < -0.3 is 4.90 Å². The van der Waals surface area contributed by atoms with E-state index in [1.807, 2.05) is 30.1 Å². The van der Waals surface area contributed by atoms with Crippen molar-refractivity contribution in [1.82, 2.24) is 0 Å². The Morgan fingerprint density at radius 2 is 2.33 bits per heavy atom. The predicted molar refractivity (Wildman–Crippen MR) is 49.8 cm³/mol. The van der Waals surface area contributed by atoms with E-state index in [0.29, 0.717) is 12.1 Å². The number of anilines is 1. The average Bonchev–Trinajstić information content (AvgIpc) is 2.17. The summed E-state index contributed by atoms with van der Waals surface area (Å²) in [4.78, 5) is 1.99. The third kappa shape index (κ3) is 1.76. The minimum Gasteiger partial charge on any atom is -0.375 e. The average molecular weight is 159 g/mol. The molecule has 1 aromatic rings. The third-order valence-electron chi connectivity index (χ3n) is 1.75. The SMILES string of the molecule is [CH2]CN(C)c1cccc(C#N)c1. The molecule has 0 N–H and O–H groups in total. The van der Waals surface area contributed by atoms with Crippen molar-refractivity contribution in [2.45, 2.75) is 0 Å². The molecule has 0 saturated carbocycles. The van der Waals surface area contributed by atoms with Crippen molar-refractivity contribution in [3.63, 3.8) is 0 Å². The van der Waals surface area contributed by atoms with Crippen LogP contribution in [0.15, 0.2) is 24.3 Å². The molecule has 0 atom stereocenters. The molecule has 1 aromatic carbocycles. The number of benzene rings is 1. The highest BCUT2D eigenvalue weighted by atomic mass is 15.1. The van der Waals surface area contributed by atoms with Gasteiger partial charge in [-0.2, -0.15) is 5.26 Å². The van der Waals surface area contributed by atoms with Crippen LogP contribution in [0.1, 0.15) is 5.56 Å². The largest absolute Gasteiger partial charge is 0.375 e. The smallest absolute Gasteiger partial charge is 0.0992 e. The van der Waals surface area contributed by atoms with Crippen molar-refractivity contribution in [2.24, 2.45) is 0 Å². The van der Waals surface area contributed by atoms with Crippen LogP contribution in [0.2, 0.25) is 0 Å². The van der Waals surface area contributed by atoms with Gasteiger partial charge in [-0.05, 0) is 25.1 Å². The Bertz CT molecular complexity index is 299. The quantitative estimate of drug-likeness (QED) is 0.658. The number of nitriles is 1. The Morgan fingerprint density at radius 1 is 1.58 bits per heavy atom. The first-order valence-electron chi connectivity index (χ1n) is 3.78. The highest BCUT2D eigenvalue weighted by Crippen LogP contribution is 2.13. The third-order valence-corrected chi connectivity index (χ3v) is 1.75. The molecular formula is C10H11N2. The van der Waals surface area contributed by atoms with E-state index in [2.05, 4.69) is 13.0 Å². The number of rotatable bonds is 2. The topological polar surface area (TPSA) is 27.0 Å². The lowest BCUT2D eigenvalue weighted by molar-refractivity contribution is 1.03. The second-order valence-corrected chi connectivity index (χ2v) is 2.58. The first kappa shape index (κ1) is 8.61. The Kier molecular flexibility index (Phi) is 2.71. The van der Waals surface area contributed by atoms with Gasteiger partial charge in [-0.25, -0.2) is 0 Å². The van der Waals surface area contributed by atoms with Crippen molar-refractivity contribution >= 4 is 5.69 Å². The molecule has 1 radical (unpaired) electrons. The maximum atomic E-state index is 8.63. The first-order chi connectivity index (χ1) is 5.77. The molecular weight excluding hydrogens is 148 g/mol. The van der Waals surface area contributed by atoms with E-state index in [0.717, 1.165) is 5.69 Å². The zero-order chi connectivity index (χ0) is 8.97. The van der Waals surface area contributed by atoms with Crippen molar-refractivity contribution in [2.75, 3.05) is 18.5 Å². The molecule has 0 unspecified atom stereocenters. The van der Waals surface area contributed by atoms with Crippen molar-refractivity contribution in [3.8, 4) is 6.07 Å². The number of nitrogens with zero attached hydrogens (tertiary/aromatic N) is 2. The molecule has 61 valence electrons. The van der Waals surface area contributed by atoms with Gasteiger partial charge in [0.15, 0.2) is 0 Å². The fraction of sp³-hybridized carbons (Fsp3) is 0.200. The van der Waals surface area contributed by atoms with Crippen LogP contribution >= 0.6 is 0 Å². The number of hydrogen-bond acceptors (Lipinski definition) is 2. The molecule has 0 spiro atoms. The summed E-state index contributed by atoms with van der Waals surface area (Å²) in [6.07, 6.45) is 0. The van der Waals surface area contributed by atoms with E-state index >= 15 is 0 Å². The van der Waals surface area contributed by atoms with Crippen LogP contribution in [0.25, 0.3) is 0 Å². The van der Waals surface area contributed by atoms with E-state index < -0.39 is 0 Å². The van der Waals surface area contributed by atoms with Gasteiger partial charge in [-0.3, -0.25) is 0 Å². The van der Waals surface area contributed by atoms with Gasteiger partial charge in [-0.1, -0.05) is 6.07 Å². The molecule has 0 aliphatic carbocycles. The summed E-state index contributed by atoms with van der Waals surface area (Å²) in [7, 11) is 1.95. The van der Waals surface area contributed by atoms with Gasteiger partial charge in [-0.15, -0.1) is 0 Å². The van der Waals surface area contributed by atoms with E-state index in [1.54, 1.807) is 6.07 Å². The van der Waals surface area contributed by atoms with E-state index in [9.17, 15) is 0 Å². The van der Waals surface area contributed by atoms with Crippen LogP contribution in [0.3, 0.4) is 0 Å². The Hall–Kier alpha value is -1.49. The summed E-state index contributed by atoms with van der Waals surface area (Å²) in [5.41, 5.74) is 1.72. The lowest BCUT2D eigenvalue weighted by atomic mass is 10.2. The highest BCUT2D eigenvalue weighted by molar-refractivity contribution is 5.50. The summed E-state index contributed by atoms with van der Waals surface area (Å²) < 4.78 is 0. The van der Waals surface area contributed by atoms with Gasteiger partial charge in [0.25, 0.3) is 0 Å². The molecule has 0 fully saturated rings. The van der Waals surface area contributed by atoms with Gasteiger partial charge in [0.1, 0.15) is 0 Å². The second kappa shape index (κ2) is 3.77. The van der Waals surface area contributed by atoms with Gasteiger partial charge in [0.05, 0.1) is 11.6 Å². The normalized spacial score (nSPS) is 9.08. The van der Waals surface area contributed by atoms with Gasteiger partial charge in [0, 0.05) is 19.3 Å². The summed E-state index contributed by atoms with van der Waals surface area (Å²) in [5, 5.41) is 8.63. The predicted octanol–water partition coefficient (Wildman–Crippen LogP) is 1.83. The van der Waals surface area contributed by atoms with Crippen LogP contribution in [-0.4, -0.2) is 13.6 Å². The van der Waals surface area contributed by atoms with Crippen molar-refractivity contribution in [1.29, 1.82) is 5.26 Å². The lowest BCUT2D eigenvalue weighted by Crippen LogP contribution is -2.15. The summed E-state index contributed by atoms with van der Waals surface area (Å²) in [6.45, 7) is 4.46. The molecule has 0 heterocycles. The molecule has 0 saturated heterocycles. The molecule has 0 amide bonds. The molecule has 0 bridgehead atoms. The van der Waals surface area contributed by atoms with Crippen molar-refractivity contribution < 1.29 is 0 Å².